The number of carbonyl (C=O) groups excluding carboxylic acids is 1. The number of aromatic nitrogens is 3. The van der Waals surface area contributed by atoms with Gasteiger partial charge in [-0.25, -0.2) is 0 Å². The Morgan fingerprint density at radius 2 is 1.70 bits per heavy atom. The molecule has 0 unspecified atom stereocenters. The lowest BCUT2D eigenvalue weighted by atomic mass is 10.1. The van der Waals surface area contributed by atoms with Gasteiger partial charge in [-0.05, 0) is 6.92 Å². The molecule has 0 radical (unpaired) electrons. The van der Waals surface area contributed by atoms with Crippen LogP contribution in [0.1, 0.15) is 11.7 Å². The maximum absolute atomic E-state index is 12.5. The molecule has 2 fully saturated rings. The van der Waals surface area contributed by atoms with Crippen LogP contribution < -0.4 is 0 Å². The summed E-state index contributed by atoms with van der Waals surface area (Å²) < 4.78 is 16.7. The second kappa shape index (κ2) is 9.82. The van der Waals surface area contributed by atoms with E-state index in [1.807, 2.05) is 42.2 Å². The van der Waals surface area contributed by atoms with Gasteiger partial charge < -0.3 is 18.6 Å². The number of benzene rings is 1. The maximum Gasteiger partial charge on any atom is 0.253 e. The van der Waals surface area contributed by atoms with E-state index in [9.17, 15) is 4.79 Å². The fourth-order valence-electron chi connectivity index (χ4n) is 4.24. The minimum absolute atomic E-state index is 0.187. The summed E-state index contributed by atoms with van der Waals surface area (Å²) in [7, 11) is 0. The highest BCUT2D eigenvalue weighted by molar-refractivity contribution is 5.78. The summed E-state index contributed by atoms with van der Waals surface area (Å²) in [6.07, 6.45) is 0. The maximum atomic E-state index is 12.5. The average Bonchev–Trinajstić information content (AvgIpc) is 3.47. The quantitative estimate of drug-likeness (QED) is 0.553. The lowest BCUT2D eigenvalue weighted by Crippen LogP contribution is -2.51. The van der Waals surface area contributed by atoms with Crippen molar-refractivity contribution in [2.75, 3.05) is 59.0 Å². The molecule has 10 heteroatoms. The number of ether oxygens (including phenoxy) is 1. The summed E-state index contributed by atoms with van der Waals surface area (Å²) in [5, 5.41) is 12.7. The average molecular weight is 453 g/mol. The third-order valence-electron chi connectivity index (χ3n) is 6.14. The number of carbonyl (C=O) groups is 1. The van der Waals surface area contributed by atoms with Crippen molar-refractivity contribution < 1.29 is 18.5 Å². The molecular weight excluding hydrogens is 424 g/mol. The Morgan fingerprint density at radius 1 is 0.970 bits per heavy atom. The second-order valence-electron chi connectivity index (χ2n) is 8.37. The van der Waals surface area contributed by atoms with Crippen LogP contribution in [-0.2, 0) is 16.1 Å². The molecule has 1 aromatic carbocycles. The molecule has 2 aliphatic heterocycles. The van der Waals surface area contributed by atoms with Gasteiger partial charge in [0, 0.05) is 44.8 Å². The zero-order chi connectivity index (χ0) is 22.6. The van der Waals surface area contributed by atoms with E-state index < -0.39 is 0 Å². The Labute approximate surface area is 192 Å². The monoisotopic (exact) mass is 452 g/mol. The van der Waals surface area contributed by atoms with Gasteiger partial charge >= 0.3 is 0 Å². The van der Waals surface area contributed by atoms with Crippen molar-refractivity contribution in [2.45, 2.75) is 13.5 Å². The van der Waals surface area contributed by atoms with Gasteiger partial charge in [0.15, 0.2) is 0 Å². The van der Waals surface area contributed by atoms with E-state index in [2.05, 4.69) is 25.2 Å². The van der Waals surface area contributed by atoms with Gasteiger partial charge in [-0.2, -0.15) is 0 Å². The number of aryl methyl sites for hydroxylation is 1. The van der Waals surface area contributed by atoms with Crippen LogP contribution in [0.3, 0.4) is 0 Å². The number of hydrogen-bond donors (Lipinski definition) is 0. The van der Waals surface area contributed by atoms with E-state index in [1.165, 1.54) is 0 Å². The Balaban J connectivity index is 1.17. The van der Waals surface area contributed by atoms with Crippen molar-refractivity contribution >= 4 is 5.91 Å². The lowest BCUT2D eigenvalue weighted by molar-refractivity contribution is -0.136. The van der Waals surface area contributed by atoms with Crippen LogP contribution in [0.25, 0.3) is 22.7 Å². The summed E-state index contributed by atoms with van der Waals surface area (Å²) in [5.41, 5.74) is 2.36. The number of rotatable bonds is 6. The third-order valence-corrected chi connectivity index (χ3v) is 6.14. The molecule has 33 heavy (non-hydrogen) atoms. The van der Waals surface area contributed by atoms with Gasteiger partial charge in [-0.1, -0.05) is 35.5 Å². The number of morpholine rings is 1. The van der Waals surface area contributed by atoms with Crippen molar-refractivity contribution in [3.8, 4) is 22.7 Å². The van der Waals surface area contributed by atoms with Crippen LogP contribution in [0.4, 0.5) is 0 Å². The highest BCUT2D eigenvalue weighted by Crippen LogP contribution is 2.33. The molecule has 2 saturated heterocycles. The molecule has 0 atom stereocenters. The summed E-state index contributed by atoms with van der Waals surface area (Å²) >= 11 is 0. The number of hydrogen-bond acceptors (Lipinski definition) is 9. The van der Waals surface area contributed by atoms with Crippen LogP contribution in [0, 0.1) is 6.92 Å². The first-order chi connectivity index (χ1) is 16.2. The summed E-state index contributed by atoms with van der Waals surface area (Å²) in [6, 6.07) is 9.81. The van der Waals surface area contributed by atoms with Crippen LogP contribution in [-0.4, -0.2) is 95.0 Å². The van der Waals surface area contributed by atoms with Gasteiger partial charge in [0.2, 0.25) is 11.8 Å². The fraction of sp³-hybridized carbons (Fsp3) is 0.478. The van der Waals surface area contributed by atoms with Gasteiger partial charge in [0.25, 0.3) is 5.89 Å². The Bertz CT molecular complexity index is 1070. The first kappa shape index (κ1) is 21.7. The Hall–Kier alpha value is -3.08. The zero-order valence-electron chi connectivity index (χ0n) is 18.8. The number of piperazine rings is 1. The predicted molar refractivity (Wildman–Crippen MR) is 119 cm³/mol. The standard InChI is InChI=1S/C23H28N6O4/c1-17-21(22(26-33-17)18-5-3-2-4-6-18)23-25-24-19(32-23)15-27-7-9-28(10-8-27)16-20(30)29-11-13-31-14-12-29/h2-6H,7-16H2,1H3. The molecule has 0 spiro atoms. The fourth-order valence-corrected chi connectivity index (χ4v) is 4.24. The van der Waals surface area contributed by atoms with Crippen molar-refractivity contribution in [1.82, 2.24) is 30.1 Å². The lowest BCUT2D eigenvalue weighted by Gasteiger charge is -2.35. The third kappa shape index (κ3) is 4.97. The molecule has 2 aromatic heterocycles. The first-order valence-corrected chi connectivity index (χ1v) is 11.3. The minimum Gasteiger partial charge on any atom is -0.419 e. The van der Waals surface area contributed by atoms with Crippen molar-refractivity contribution in [3.63, 3.8) is 0 Å². The topological polar surface area (TPSA) is 101 Å². The van der Waals surface area contributed by atoms with Crippen LogP contribution >= 0.6 is 0 Å². The predicted octanol–water partition coefficient (Wildman–Crippen LogP) is 1.68. The van der Waals surface area contributed by atoms with Gasteiger partial charge in [0.1, 0.15) is 17.0 Å². The molecule has 3 aromatic rings. The van der Waals surface area contributed by atoms with E-state index in [0.717, 1.165) is 37.3 Å². The highest BCUT2D eigenvalue weighted by atomic mass is 16.5. The van der Waals surface area contributed by atoms with Crippen molar-refractivity contribution in [3.05, 3.63) is 42.0 Å². The molecule has 2 aliphatic rings. The van der Waals surface area contributed by atoms with Crippen LogP contribution in [0.2, 0.25) is 0 Å². The Kier molecular flexibility index (Phi) is 6.47. The van der Waals surface area contributed by atoms with E-state index >= 15 is 0 Å². The summed E-state index contributed by atoms with van der Waals surface area (Å²) in [6.45, 7) is 8.88. The van der Waals surface area contributed by atoms with Crippen molar-refractivity contribution in [1.29, 1.82) is 0 Å². The van der Waals surface area contributed by atoms with Gasteiger partial charge in [0.05, 0.1) is 26.3 Å². The molecule has 0 saturated carbocycles. The van der Waals surface area contributed by atoms with E-state index in [-0.39, 0.29) is 5.91 Å². The second-order valence-corrected chi connectivity index (χ2v) is 8.37. The van der Waals surface area contributed by atoms with E-state index in [0.29, 0.717) is 62.6 Å². The molecule has 0 bridgehead atoms. The molecule has 0 aliphatic carbocycles. The van der Waals surface area contributed by atoms with Gasteiger partial charge in [-0.3, -0.25) is 14.6 Å². The molecule has 10 nitrogen and oxygen atoms in total. The molecule has 174 valence electrons. The molecule has 5 rings (SSSR count). The SMILES string of the molecule is Cc1onc(-c2ccccc2)c1-c1nnc(CN2CCN(CC(=O)N3CCOCC3)CC2)o1. The number of amides is 1. The van der Waals surface area contributed by atoms with E-state index in [1.54, 1.807) is 0 Å². The van der Waals surface area contributed by atoms with Crippen LogP contribution in [0.15, 0.2) is 39.3 Å². The molecule has 1 amide bonds. The summed E-state index contributed by atoms with van der Waals surface area (Å²) in [4.78, 5) is 18.9. The normalized spacial score (nSPS) is 18.0. The van der Waals surface area contributed by atoms with Gasteiger partial charge in [-0.15, -0.1) is 10.2 Å². The molecular formula is C23H28N6O4. The summed E-state index contributed by atoms with van der Waals surface area (Å²) in [5.74, 6) is 1.80. The number of nitrogens with zero attached hydrogens (tertiary/aromatic N) is 6. The molecule has 0 N–H and O–H groups in total. The van der Waals surface area contributed by atoms with Crippen molar-refractivity contribution in [2.24, 2.45) is 0 Å². The van der Waals surface area contributed by atoms with E-state index in [4.69, 9.17) is 13.7 Å². The highest BCUT2D eigenvalue weighted by Gasteiger charge is 2.25. The smallest absolute Gasteiger partial charge is 0.253 e. The Morgan fingerprint density at radius 3 is 2.45 bits per heavy atom. The minimum atomic E-state index is 0.187. The molecule has 4 heterocycles. The first-order valence-electron chi connectivity index (χ1n) is 11.3. The largest absolute Gasteiger partial charge is 0.419 e. The zero-order valence-corrected chi connectivity index (χ0v) is 18.8. The van der Waals surface area contributed by atoms with Crippen LogP contribution in [0.5, 0.6) is 0 Å².